The minimum atomic E-state index is 0.388. The van der Waals surface area contributed by atoms with Crippen LogP contribution in [0.1, 0.15) is 32.6 Å². The second kappa shape index (κ2) is 7.47. The summed E-state index contributed by atoms with van der Waals surface area (Å²) in [6.45, 7) is 9.62. The number of nitrogens with zero attached hydrogens (tertiary/aromatic N) is 2. The fourth-order valence-electron chi connectivity index (χ4n) is 3.61. The van der Waals surface area contributed by atoms with Crippen molar-refractivity contribution in [3.63, 3.8) is 0 Å². The van der Waals surface area contributed by atoms with E-state index in [4.69, 9.17) is 14.5 Å². The molecule has 124 valence electrons. The van der Waals surface area contributed by atoms with E-state index in [1.807, 2.05) is 0 Å². The summed E-state index contributed by atoms with van der Waals surface area (Å²) < 4.78 is 11.0. The Morgan fingerprint density at radius 3 is 3.05 bits per heavy atom. The second-order valence-electron chi connectivity index (χ2n) is 6.65. The maximum absolute atomic E-state index is 5.62. The lowest BCUT2D eigenvalue weighted by atomic mass is 9.87. The van der Waals surface area contributed by atoms with Crippen molar-refractivity contribution in [3.8, 4) is 0 Å². The van der Waals surface area contributed by atoms with Gasteiger partial charge < -0.3 is 19.7 Å². The highest BCUT2D eigenvalue weighted by Crippen LogP contribution is 2.38. The Bertz CT molecular complexity index is 428. The van der Waals surface area contributed by atoms with E-state index in [0.29, 0.717) is 5.41 Å². The van der Waals surface area contributed by atoms with E-state index in [-0.39, 0.29) is 0 Å². The van der Waals surface area contributed by atoms with Crippen LogP contribution in [0.2, 0.25) is 0 Å². The van der Waals surface area contributed by atoms with Gasteiger partial charge in [0.1, 0.15) is 0 Å². The Labute approximate surface area is 133 Å². The smallest absolute Gasteiger partial charge is 0.193 e. The quantitative estimate of drug-likeness (QED) is 0.489. The average Bonchev–Trinajstić information content (AvgIpc) is 3.18. The highest BCUT2D eigenvalue weighted by Gasteiger charge is 2.42. The van der Waals surface area contributed by atoms with E-state index in [0.717, 1.165) is 71.4 Å². The van der Waals surface area contributed by atoms with Crippen molar-refractivity contribution < 1.29 is 9.47 Å². The number of hydrogen-bond acceptors (Lipinski definition) is 3. The lowest BCUT2D eigenvalue weighted by molar-refractivity contribution is 0.153. The van der Waals surface area contributed by atoms with Crippen molar-refractivity contribution in [1.29, 1.82) is 0 Å². The maximum Gasteiger partial charge on any atom is 0.193 e. The Hall–Kier alpha value is -1.07. The molecule has 5 heteroatoms. The highest BCUT2D eigenvalue weighted by molar-refractivity contribution is 5.80. The van der Waals surface area contributed by atoms with Gasteiger partial charge in [-0.3, -0.25) is 4.99 Å². The van der Waals surface area contributed by atoms with Gasteiger partial charge in [0.15, 0.2) is 5.96 Å². The van der Waals surface area contributed by atoms with Crippen LogP contribution >= 0.6 is 0 Å². The van der Waals surface area contributed by atoms with Crippen molar-refractivity contribution in [1.82, 2.24) is 10.2 Å². The predicted molar refractivity (Wildman–Crippen MR) is 88.2 cm³/mol. The van der Waals surface area contributed by atoms with E-state index < -0.39 is 0 Å². The molecule has 1 N–H and O–H groups in total. The van der Waals surface area contributed by atoms with Gasteiger partial charge in [0.05, 0.1) is 19.8 Å². The van der Waals surface area contributed by atoms with Crippen LogP contribution in [0, 0.1) is 5.41 Å². The van der Waals surface area contributed by atoms with E-state index in [9.17, 15) is 0 Å². The highest BCUT2D eigenvalue weighted by atomic mass is 16.5. The van der Waals surface area contributed by atoms with Crippen molar-refractivity contribution in [2.75, 3.05) is 52.6 Å². The third kappa shape index (κ3) is 3.82. The van der Waals surface area contributed by atoms with Crippen LogP contribution in [-0.4, -0.2) is 63.5 Å². The van der Waals surface area contributed by atoms with E-state index in [2.05, 4.69) is 23.2 Å². The molecule has 5 nitrogen and oxygen atoms in total. The number of hydrogen-bond donors (Lipinski definition) is 1. The monoisotopic (exact) mass is 307 g/mol. The molecule has 2 saturated heterocycles. The van der Waals surface area contributed by atoms with Crippen LogP contribution in [0.3, 0.4) is 0 Å². The molecule has 1 unspecified atom stereocenters. The Balaban J connectivity index is 1.55. The molecule has 1 atom stereocenters. The molecule has 22 heavy (non-hydrogen) atoms. The molecule has 2 fully saturated rings. The van der Waals surface area contributed by atoms with Gasteiger partial charge in [0.25, 0.3) is 0 Å². The van der Waals surface area contributed by atoms with Gasteiger partial charge in [-0.2, -0.15) is 0 Å². The lowest BCUT2D eigenvalue weighted by Crippen LogP contribution is -2.41. The molecule has 3 rings (SSSR count). The van der Waals surface area contributed by atoms with E-state index in [1.54, 1.807) is 0 Å². The summed E-state index contributed by atoms with van der Waals surface area (Å²) in [5, 5.41) is 3.46. The van der Waals surface area contributed by atoms with Gasteiger partial charge in [-0.05, 0) is 32.6 Å². The Morgan fingerprint density at radius 1 is 1.36 bits per heavy atom. The zero-order valence-electron chi connectivity index (χ0n) is 13.8. The van der Waals surface area contributed by atoms with E-state index >= 15 is 0 Å². The van der Waals surface area contributed by atoms with Crippen molar-refractivity contribution in [2.45, 2.75) is 32.6 Å². The number of rotatable bonds is 4. The number of nitrogens with one attached hydrogen (secondary N) is 1. The Morgan fingerprint density at radius 2 is 2.32 bits per heavy atom. The van der Waals surface area contributed by atoms with Gasteiger partial charge in [0.2, 0.25) is 0 Å². The number of ether oxygens (including phenoxy) is 2. The van der Waals surface area contributed by atoms with Crippen LogP contribution in [-0.2, 0) is 9.47 Å². The normalized spacial score (nSPS) is 29.2. The molecule has 0 bridgehead atoms. The first kappa shape index (κ1) is 15.8. The van der Waals surface area contributed by atoms with Gasteiger partial charge in [-0.25, -0.2) is 0 Å². The summed E-state index contributed by atoms with van der Waals surface area (Å²) in [6.07, 6.45) is 6.78. The predicted octanol–water partition coefficient (Wildman–Crippen LogP) is 1.80. The summed E-state index contributed by atoms with van der Waals surface area (Å²) in [7, 11) is 0. The van der Waals surface area contributed by atoms with Crippen LogP contribution in [0.5, 0.6) is 0 Å². The first-order valence-corrected chi connectivity index (χ1v) is 8.68. The van der Waals surface area contributed by atoms with Crippen molar-refractivity contribution >= 4 is 5.96 Å². The van der Waals surface area contributed by atoms with E-state index in [1.165, 1.54) is 18.4 Å². The molecule has 0 amide bonds. The number of guanidine groups is 1. The number of likely N-dealkylation sites (tertiary alicyclic amines) is 1. The average molecular weight is 307 g/mol. The molecule has 0 aromatic carbocycles. The molecule has 1 spiro atoms. The first-order chi connectivity index (χ1) is 10.8. The third-order valence-electron chi connectivity index (χ3n) is 5.01. The molecular formula is C17H29N3O2. The molecular weight excluding hydrogens is 278 g/mol. The van der Waals surface area contributed by atoms with Crippen molar-refractivity contribution in [3.05, 3.63) is 11.6 Å². The maximum atomic E-state index is 5.62. The minimum absolute atomic E-state index is 0.388. The van der Waals surface area contributed by atoms with Gasteiger partial charge in [-0.1, -0.05) is 11.6 Å². The number of aliphatic imine (C=N–C) groups is 1. The summed E-state index contributed by atoms with van der Waals surface area (Å²) in [6, 6.07) is 0. The molecule has 3 heterocycles. The van der Waals surface area contributed by atoms with Crippen LogP contribution in [0.25, 0.3) is 0 Å². The molecule has 3 aliphatic heterocycles. The van der Waals surface area contributed by atoms with Crippen LogP contribution in [0.4, 0.5) is 0 Å². The standard InChI is InChI=1S/C17H29N3O2/c1-2-18-16(19-8-3-15-4-10-21-11-5-15)20-9-6-17(13-20)7-12-22-14-17/h4H,2-3,5-14H2,1H3,(H,18,19). The fourth-order valence-corrected chi connectivity index (χ4v) is 3.61. The first-order valence-electron chi connectivity index (χ1n) is 8.68. The Kier molecular flexibility index (Phi) is 5.37. The summed E-state index contributed by atoms with van der Waals surface area (Å²) >= 11 is 0. The summed E-state index contributed by atoms with van der Waals surface area (Å²) in [4.78, 5) is 7.28. The van der Waals surface area contributed by atoms with Crippen LogP contribution in [0.15, 0.2) is 16.6 Å². The SMILES string of the molecule is CCNC(=NCCC1=CCOCC1)N1CCC2(CCOC2)C1. The molecule has 0 aromatic heterocycles. The second-order valence-corrected chi connectivity index (χ2v) is 6.65. The zero-order valence-corrected chi connectivity index (χ0v) is 13.8. The molecule has 3 aliphatic rings. The minimum Gasteiger partial charge on any atom is -0.381 e. The lowest BCUT2D eigenvalue weighted by Gasteiger charge is -2.25. The molecule has 0 aromatic rings. The van der Waals surface area contributed by atoms with Gasteiger partial charge in [-0.15, -0.1) is 0 Å². The third-order valence-corrected chi connectivity index (χ3v) is 5.01. The molecule has 0 saturated carbocycles. The summed E-state index contributed by atoms with van der Waals surface area (Å²) in [5.41, 5.74) is 1.88. The van der Waals surface area contributed by atoms with Crippen molar-refractivity contribution in [2.24, 2.45) is 10.4 Å². The van der Waals surface area contributed by atoms with Gasteiger partial charge >= 0.3 is 0 Å². The molecule has 0 radical (unpaired) electrons. The largest absolute Gasteiger partial charge is 0.381 e. The zero-order chi connectivity index (χ0) is 15.3. The summed E-state index contributed by atoms with van der Waals surface area (Å²) in [5.74, 6) is 1.08. The van der Waals surface area contributed by atoms with Gasteiger partial charge in [0, 0.05) is 38.2 Å². The van der Waals surface area contributed by atoms with Crippen LogP contribution < -0.4 is 5.32 Å². The fraction of sp³-hybridized carbons (Fsp3) is 0.824. The topological polar surface area (TPSA) is 46.1 Å². The molecule has 0 aliphatic carbocycles.